The maximum absolute atomic E-state index is 13.4. The molecule has 0 saturated carbocycles. The number of aliphatic hydroxyl groups is 12. The van der Waals surface area contributed by atoms with Gasteiger partial charge in [0.15, 0.2) is 12.6 Å². The van der Waals surface area contributed by atoms with Crippen LogP contribution in [0.1, 0.15) is 232 Å². The molecule has 18 atom stereocenters. The van der Waals surface area contributed by atoms with E-state index >= 15 is 0 Å². The van der Waals surface area contributed by atoms with E-state index in [4.69, 9.17) is 28.4 Å². The second kappa shape index (κ2) is 46.5. The van der Waals surface area contributed by atoms with Crippen LogP contribution in [0.2, 0.25) is 0 Å². The molecule has 0 aliphatic carbocycles. The van der Waals surface area contributed by atoms with Gasteiger partial charge in [-0.3, -0.25) is 9.59 Å². The molecule has 3 saturated heterocycles. The molecule has 15 N–H and O–H groups in total. The zero-order valence-electron chi connectivity index (χ0n) is 53.0. The highest BCUT2D eigenvalue weighted by molar-refractivity contribution is 5.78. The SMILES string of the molecule is CCCCCCCCCCCCCC=CC(O)C(COC1OC(CO)C(OC2OC(CO)C(O)C(OC3(C(=O)O)CC(O)C(NC(=O)CO)C(C(O)C(O)CO)O3)C2O)C(O)C1O)NC(=O)CCCCCCCCCCCCCCCCCCCCCC. The van der Waals surface area contributed by atoms with Gasteiger partial charge in [0.1, 0.15) is 73.8 Å². The van der Waals surface area contributed by atoms with E-state index in [0.717, 1.165) is 44.9 Å². The number of nitrogens with one attached hydrogen (secondary N) is 2. The van der Waals surface area contributed by atoms with Gasteiger partial charge in [-0.1, -0.05) is 212 Å². The van der Waals surface area contributed by atoms with Gasteiger partial charge in [0.2, 0.25) is 11.8 Å². The Hall–Kier alpha value is -2.57. The van der Waals surface area contributed by atoms with Crippen LogP contribution in [0.25, 0.3) is 0 Å². The predicted octanol–water partition coefficient (Wildman–Crippen LogP) is 4.09. The summed E-state index contributed by atoms with van der Waals surface area (Å²) >= 11 is 0. The quantitative estimate of drug-likeness (QED) is 0.0301. The van der Waals surface area contributed by atoms with Gasteiger partial charge in [0.25, 0.3) is 5.79 Å². The molecule has 3 aliphatic rings. The fraction of sp³-hybridized carbons (Fsp3) is 0.922. The van der Waals surface area contributed by atoms with E-state index in [0.29, 0.717) is 12.8 Å². The summed E-state index contributed by atoms with van der Waals surface area (Å²) < 4.78 is 34.6. The Labute approximate surface area is 523 Å². The Morgan fingerprint density at radius 3 is 1.52 bits per heavy atom. The molecule has 0 aromatic heterocycles. The number of aliphatic hydroxyl groups excluding tert-OH is 12. The number of ether oxygens (including phenoxy) is 6. The van der Waals surface area contributed by atoms with Crippen molar-refractivity contribution in [1.82, 2.24) is 10.6 Å². The van der Waals surface area contributed by atoms with Crippen molar-refractivity contribution in [1.29, 1.82) is 0 Å². The summed E-state index contributed by atoms with van der Waals surface area (Å²) in [4.78, 5) is 38.6. The number of carbonyl (C=O) groups excluding carboxylic acids is 2. The number of carboxylic acid groups (broad SMARTS) is 1. The molecule has 24 heteroatoms. The molecular weight excluding hydrogens is 1150 g/mol. The second-order valence-corrected chi connectivity index (χ2v) is 24.7. The van der Waals surface area contributed by atoms with Gasteiger partial charge in [-0.2, -0.15) is 0 Å². The highest BCUT2D eigenvalue weighted by Gasteiger charge is 2.60. The number of unbranched alkanes of at least 4 members (excludes halogenated alkanes) is 30. The van der Waals surface area contributed by atoms with Crippen molar-refractivity contribution < 1.29 is 109 Å². The largest absolute Gasteiger partial charge is 0.477 e. The number of carbonyl (C=O) groups is 3. The third-order valence-electron chi connectivity index (χ3n) is 17.3. The fourth-order valence-corrected chi connectivity index (χ4v) is 11.8. The molecule has 3 fully saturated rings. The molecule has 3 heterocycles. The van der Waals surface area contributed by atoms with Crippen molar-refractivity contribution in [3.05, 3.63) is 12.2 Å². The van der Waals surface area contributed by atoms with E-state index in [1.165, 1.54) is 148 Å². The van der Waals surface area contributed by atoms with E-state index in [1.807, 2.05) is 6.08 Å². The minimum atomic E-state index is -3.14. The predicted molar refractivity (Wildman–Crippen MR) is 326 cm³/mol. The number of aliphatic carboxylic acids is 1. The van der Waals surface area contributed by atoms with Crippen LogP contribution in [-0.4, -0.2) is 227 Å². The third kappa shape index (κ3) is 28.7. The van der Waals surface area contributed by atoms with Crippen LogP contribution in [0.3, 0.4) is 0 Å². The lowest BCUT2D eigenvalue weighted by atomic mass is 9.88. The topological polar surface area (TPSA) is 394 Å². The van der Waals surface area contributed by atoms with Crippen molar-refractivity contribution in [2.24, 2.45) is 0 Å². The minimum Gasteiger partial charge on any atom is -0.477 e. The Morgan fingerprint density at radius 1 is 0.580 bits per heavy atom. The van der Waals surface area contributed by atoms with Gasteiger partial charge in [-0.05, 0) is 19.3 Å². The molecule has 18 unspecified atom stereocenters. The standard InChI is InChI=1S/C64H118N2O22/c1-3-5-7-9-11-13-15-17-18-19-20-21-22-23-25-27-29-31-33-35-37-50(74)65-44(45(71)36-34-32-30-28-26-24-16-14-12-10-8-6-4-2)43-83-61-56(79)55(78)58(49(41-69)85-61)86-62-57(80)60(54(77)48(40-68)84-62)88-64(63(81)82)38-46(72)52(66-51(75)42-70)59(87-64)53(76)47(73)39-67/h34,36,44-49,52-62,67-73,76-80H,3-33,35,37-43H2,1-2H3,(H,65,74)(H,66,75)(H,81,82). The van der Waals surface area contributed by atoms with E-state index in [1.54, 1.807) is 6.08 Å². The Kier molecular flexibility index (Phi) is 42.1. The molecular formula is C64H118N2O22. The average molecular weight is 1270 g/mol. The Balaban J connectivity index is 1.62. The number of amides is 2. The van der Waals surface area contributed by atoms with Crippen molar-refractivity contribution in [2.45, 2.75) is 342 Å². The molecule has 0 aromatic carbocycles. The maximum atomic E-state index is 13.4. The average Bonchev–Trinajstić information content (AvgIpc) is 0.813. The van der Waals surface area contributed by atoms with Gasteiger partial charge in [0, 0.05) is 12.8 Å². The van der Waals surface area contributed by atoms with Crippen LogP contribution in [0.5, 0.6) is 0 Å². The number of hydrogen-bond donors (Lipinski definition) is 15. The van der Waals surface area contributed by atoms with Crippen LogP contribution in [0.4, 0.5) is 0 Å². The Bertz CT molecular complexity index is 1840. The lowest BCUT2D eigenvalue weighted by Gasteiger charge is -2.50. The van der Waals surface area contributed by atoms with Crippen LogP contribution in [0, 0.1) is 0 Å². The summed E-state index contributed by atoms with van der Waals surface area (Å²) in [6.07, 6.45) is 11.8. The number of carboxylic acids is 1. The number of hydrogen-bond acceptors (Lipinski definition) is 21. The summed E-state index contributed by atoms with van der Waals surface area (Å²) in [5.41, 5.74) is 0. The van der Waals surface area contributed by atoms with Crippen molar-refractivity contribution >= 4 is 17.8 Å². The van der Waals surface area contributed by atoms with Crippen molar-refractivity contribution in [3.8, 4) is 0 Å². The molecule has 24 nitrogen and oxygen atoms in total. The van der Waals surface area contributed by atoms with Gasteiger partial charge in [0.05, 0.1) is 50.7 Å². The highest BCUT2D eigenvalue weighted by Crippen LogP contribution is 2.39. The van der Waals surface area contributed by atoms with Crippen LogP contribution < -0.4 is 10.6 Å². The third-order valence-corrected chi connectivity index (χ3v) is 17.3. The first-order chi connectivity index (χ1) is 42.4. The molecule has 0 radical (unpaired) electrons. The summed E-state index contributed by atoms with van der Waals surface area (Å²) in [5, 5.41) is 145. The lowest BCUT2D eigenvalue weighted by molar-refractivity contribution is -0.386. The normalized spacial score (nSPS) is 29.0. The van der Waals surface area contributed by atoms with Gasteiger partial charge < -0.3 is 105 Å². The zero-order valence-corrected chi connectivity index (χ0v) is 53.0. The van der Waals surface area contributed by atoms with E-state index in [2.05, 4.69) is 24.5 Å². The van der Waals surface area contributed by atoms with Crippen molar-refractivity contribution in [3.63, 3.8) is 0 Å². The van der Waals surface area contributed by atoms with Crippen LogP contribution >= 0.6 is 0 Å². The van der Waals surface area contributed by atoms with Crippen LogP contribution in [0.15, 0.2) is 12.2 Å². The lowest BCUT2D eigenvalue weighted by Crippen LogP contribution is -2.71. The van der Waals surface area contributed by atoms with E-state index < -0.39 is 161 Å². The second-order valence-electron chi connectivity index (χ2n) is 24.7. The fourth-order valence-electron chi connectivity index (χ4n) is 11.8. The first-order valence-electron chi connectivity index (χ1n) is 33.7. The summed E-state index contributed by atoms with van der Waals surface area (Å²) in [6, 6.07) is -2.78. The smallest absolute Gasteiger partial charge is 0.364 e. The maximum Gasteiger partial charge on any atom is 0.364 e. The first-order valence-corrected chi connectivity index (χ1v) is 33.7. The molecule has 0 aromatic rings. The van der Waals surface area contributed by atoms with Gasteiger partial charge in [-0.25, -0.2) is 4.79 Å². The first kappa shape index (κ1) is 79.7. The summed E-state index contributed by atoms with van der Waals surface area (Å²) in [6.45, 7) is -0.143. The molecule has 0 bridgehead atoms. The summed E-state index contributed by atoms with van der Waals surface area (Å²) in [5.74, 6) is -6.61. The number of rotatable bonds is 51. The molecule has 3 rings (SSSR count). The van der Waals surface area contributed by atoms with Gasteiger partial charge in [-0.15, -0.1) is 0 Å². The molecule has 516 valence electrons. The van der Waals surface area contributed by atoms with Crippen molar-refractivity contribution in [2.75, 3.05) is 33.0 Å². The van der Waals surface area contributed by atoms with Gasteiger partial charge >= 0.3 is 5.97 Å². The molecule has 88 heavy (non-hydrogen) atoms. The minimum absolute atomic E-state index is 0.197. The molecule has 0 spiro atoms. The highest BCUT2D eigenvalue weighted by atomic mass is 16.8. The van der Waals surface area contributed by atoms with E-state index in [-0.39, 0.29) is 12.3 Å². The number of allylic oxidation sites excluding steroid dienone is 1. The van der Waals surface area contributed by atoms with Crippen LogP contribution in [-0.2, 0) is 42.8 Å². The molecule has 3 aliphatic heterocycles. The molecule has 2 amide bonds. The summed E-state index contributed by atoms with van der Waals surface area (Å²) in [7, 11) is 0. The Morgan fingerprint density at radius 2 is 1.06 bits per heavy atom. The van der Waals surface area contributed by atoms with E-state index in [9.17, 15) is 80.8 Å². The monoisotopic (exact) mass is 1270 g/mol. The zero-order chi connectivity index (χ0) is 64.7.